The third-order valence-electron chi connectivity index (χ3n) is 3.51. The van der Waals surface area contributed by atoms with Gasteiger partial charge in [0.15, 0.2) is 0 Å². The quantitative estimate of drug-likeness (QED) is 0.665. The number of rotatable bonds is 8. The molecule has 1 aliphatic rings. The van der Waals surface area contributed by atoms with Crippen molar-refractivity contribution in [2.75, 3.05) is 6.54 Å². The average molecular weight is 226 g/mol. The molecule has 0 heterocycles. The van der Waals surface area contributed by atoms with E-state index in [2.05, 4.69) is 19.2 Å². The molecule has 1 aliphatic carbocycles. The second-order valence-electron chi connectivity index (χ2n) is 5.16. The molecule has 3 heteroatoms. The molecule has 94 valence electrons. The molecule has 0 aromatic rings. The summed E-state index contributed by atoms with van der Waals surface area (Å²) in [5.41, 5.74) is 5.57. The van der Waals surface area contributed by atoms with Gasteiger partial charge in [-0.05, 0) is 37.6 Å². The van der Waals surface area contributed by atoms with Crippen molar-refractivity contribution in [3.8, 4) is 0 Å². The van der Waals surface area contributed by atoms with E-state index in [0.29, 0.717) is 24.3 Å². The minimum absolute atomic E-state index is 0.229. The zero-order valence-corrected chi connectivity index (χ0v) is 10.7. The Balaban J connectivity index is 2.12. The highest BCUT2D eigenvalue weighted by Gasteiger charge is 2.33. The summed E-state index contributed by atoms with van der Waals surface area (Å²) in [6.07, 6.45) is 6.27. The highest BCUT2D eigenvalue weighted by Crippen LogP contribution is 2.29. The lowest BCUT2D eigenvalue weighted by Crippen LogP contribution is -2.27. The number of hydrogen-bond donors (Lipinski definition) is 2. The summed E-state index contributed by atoms with van der Waals surface area (Å²) in [5.74, 6) is 1.56. The summed E-state index contributed by atoms with van der Waals surface area (Å²) in [6, 6.07) is 0.464. The molecule has 1 amide bonds. The van der Waals surface area contributed by atoms with Gasteiger partial charge in [-0.3, -0.25) is 4.79 Å². The number of carbonyl (C=O) groups is 1. The number of amides is 1. The normalized spacial score (nSPS) is 25.2. The standard InChI is InChI=1S/C13H26N2O/c1-3-4-11(7-8-14)5-6-13(16)15-12-9-10(12)2/h10-12H,3-9,14H2,1-2H3,(H,15,16). The molecule has 1 saturated carbocycles. The van der Waals surface area contributed by atoms with Crippen molar-refractivity contribution in [3.63, 3.8) is 0 Å². The van der Waals surface area contributed by atoms with E-state index in [1.165, 1.54) is 12.8 Å². The molecule has 3 N–H and O–H groups in total. The van der Waals surface area contributed by atoms with Crippen molar-refractivity contribution in [3.05, 3.63) is 0 Å². The molecule has 0 saturated heterocycles. The van der Waals surface area contributed by atoms with E-state index in [9.17, 15) is 4.79 Å². The summed E-state index contributed by atoms with van der Waals surface area (Å²) in [5, 5.41) is 3.07. The van der Waals surface area contributed by atoms with E-state index in [1.807, 2.05) is 0 Å². The van der Waals surface area contributed by atoms with Crippen molar-refractivity contribution in [2.45, 2.75) is 58.4 Å². The highest BCUT2D eigenvalue weighted by molar-refractivity contribution is 5.76. The minimum Gasteiger partial charge on any atom is -0.353 e. The summed E-state index contributed by atoms with van der Waals surface area (Å²) in [6.45, 7) is 5.11. The summed E-state index contributed by atoms with van der Waals surface area (Å²) < 4.78 is 0. The monoisotopic (exact) mass is 226 g/mol. The lowest BCUT2D eigenvalue weighted by molar-refractivity contribution is -0.121. The Labute approximate surface area is 99.2 Å². The van der Waals surface area contributed by atoms with Crippen molar-refractivity contribution in [2.24, 2.45) is 17.6 Å². The first-order chi connectivity index (χ1) is 7.67. The highest BCUT2D eigenvalue weighted by atomic mass is 16.1. The van der Waals surface area contributed by atoms with Gasteiger partial charge in [0.25, 0.3) is 0 Å². The molecule has 1 rings (SSSR count). The predicted molar refractivity (Wildman–Crippen MR) is 67.0 cm³/mol. The molecule has 0 aromatic heterocycles. The molecule has 3 nitrogen and oxygen atoms in total. The Kier molecular flexibility index (Phi) is 5.81. The van der Waals surface area contributed by atoms with Gasteiger partial charge in [-0.15, -0.1) is 0 Å². The third kappa shape index (κ3) is 4.97. The van der Waals surface area contributed by atoms with Gasteiger partial charge in [0.2, 0.25) is 5.91 Å². The van der Waals surface area contributed by atoms with E-state index in [-0.39, 0.29) is 5.91 Å². The van der Waals surface area contributed by atoms with Crippen LogP contribution in [0.25, 0.3) is 0 Å². The molecule has 3 atom stereocenters. The van der Waals surface area contributed by atoms with Crippen LogP contribution in [0.1, 0.15) is 52.4 Å². The van der Waals surface area contributed by atoms with E-state index in [0.717, 1.165) is 25.8 Å². The molecule has 0 aliphatic heterocycles. The van der Waals surface area contributed by atoms with Gasteiger partial charge in [0.1, 0.15) is 0 Å². The zero-order chi connectivity index (χ0) is 12.0. The van der Waals surface area contributed by atoms with Crippen LogP contribution in [0.5, 0.6) is 0 Å². The lowest BCUT2D eigenvalue weighted by atomic mass is 9.94. The second-order valence-corrected chi connectivity index (χ2v) is 5.16. The molecular formula is C13H26N2O. The lowest BCUT2D eigenvalue weighted by Gasteiger charge is -2.14. The molecule has 0 spiro atoms. The van der Waals surface area contributed by atoms with E-state index >= 15 is 0 Å². The number of hydrogen-bond acceptors (Lipinski definition) is 2. The van der Waals surface area contributed by atoms with Gasteiger partial charge in [-0.2, -0.15) is 0 Å². The Morgan fingerprint density at radius 1 is 1.44 bits per heavy atom. The third-order valence-corrected chi connectivity index (χ3v) is 3.51. The van der Waals surface area contributed by atoms with Crippen molar-refractivity contribution in [1.29, 1.82) is 0 Å². The van der Waals surface area contributed by atoms with Gasteiger partial charge >= 0.3 is 0 Å². The maximum atomic E-state index is 11.6. The Hall–Kier alpha value is -0.570. The second kappa shape index (κ2) is 6.89. The smallest absolute Gasteiger partial charge is 0.220 e. The molecule has 3 unspecified atom stereocenters. The van der Waals surface area contributed by atoms with E-state index in [1.54, 1.807) is 0 Å². The zero-order valence-electron chi connectivity index (χ0n) is 10.7. The van der Waals surface area contributed by atoms with Crippen LogP contribution in [-0.2, 0) is 4.79 Å². The van der Waals surface area contributed by atoms with Gasteiger partial charge in [0, 0.05) is 12.5 Å². The van der Waals surface area contributed by atoms with Crippen LogP contribution in [0, 0.1) is 11.8 Å². The SMILES string of the molecule is CCCC(CCN)CCC(=O)NC1CC1C. The summed E-state index contributed by atoms with van der Waals surface area (Å²) in [7, 11) is 0. The maximum absolute atomic E-state index is 11.6. The first-order valence-electron chi connectivity index (χ1n) is 6.66. The summed E-state index contributed by atoms with van der Waals surface area (Å²) in [4.78, 5) is 11.6. The molecule has 0 bridgehead atoms. The summed E-state index contributed by atoms with van der Waals surface area (Å²) >= 11 is 0. The van der Waals surface area contributed by atoms with Crippen LogP contribution < -0.4 is 11.1 Å². The Morgan fingerprint density at radius 3 is 2.62 bits per heavy atom. The Bertz CT molecular complexity index is 212. The van der Waals surface area contributed by atoms with E-state index < -0.39 is 0 Å². The number of nitrogens with two attached hydrogens (primary N) is 1. The molecular weight excluding hydrogens is 200 g/mol. The molecule has 16 heavy (non-hydrogen) atoms. The minimum atomic E-state index is 0.229. The Morgan fingerprint density at radius 2 is 2.12 bits per heavy atom. The van der Waals surface area contributed by atoms with Gasteiger partial charge in [-0.25, -0.2) is 0 Å². The van der Waals surface area contributed by atoms with Crippen molar-refractivity contribution < 1.29 is 4.79 Å². The van der Waals surface area contributed by atoms with Crippen molar-refractivity contribution >= 4 is 5.91 Å². The first-order valence-corrected chi connectivity index (χ1v) is 6.66. The maximum Gasteiger partial charge on any atom is 0.220 e. The molecule has 1 fully saturated rings. The molecule has 0 aromatic carbocycles. The van der Waals surface area contributed by atoms with Gasteiger partial charge in [0.05, 0.1) is 0 Å². The fourth-order valence-corrected chi connectivity index (χ4v) is 2.21. The van der Waals surface area contributed by atoms with Crippen LogP contribution in [0.4, 0.5) is 0 Å². The first kappa shape index (κ1) is 13.5. The fourth-order valence-electron chi connectivity index (χ4n) is 2.21. The number of carbonyl (C=O) groups excluding carboxylic acids is 1. The van der Waals surface area contributed by atoms with E-state index in [4.69, 9.17) is 5.73 Å². The number of nitrogens with one attached hydrogen (secondary N) is 1. The van der Waals surface area contributed by atoms with Crippen LogP contribution >= 0.6 is 0 Å². The fraction of sp³-hybridized carbons (Fsp3) is 0.923. The largest absolute Gasteiger partial charge is 0.353 e. The predicted octanol–water partition coefficient (Wildman–Crippen LogP) is 2.06. The van der Waals surface area contributed by atoms with Crippen LogP contribution in [-0.4, -0.2) is 18.5 Å². The topological polar surface area (TPSA) is 55.1 Å². The van der Waals surface area contributed by atoms with Crippen LogP contribution in [0.15, 0.2) is 0 Å². The average Bonchev–Trinajstić information content (AvgIpc) is 2.91. The van der Waals surface area contributed by atoms with Gasteiger partial charge in [-0.1, -0.05) is 26.7 Å². The van der Waals surface area contributed by atoms with Gasteiger partial charge < -0.3 is 11.1 Å². The van der Waals surface area contributed by atoms with Crippen LogP contribution in [0.3, 0.4) is 0 Å². The van der Waals surface area contributed by atoms with Crippen LogP contribution in [0.2, 0.25) is 0 Å². The van der Waals surface area contributed by atoms with Crippen molar-refractivity contribution in [1.82, 2.24) is 5.32 Å². The molecule has 0 radical (unpaired) electrons.